The Bertz CT molecular complexity index is 951. The number of piperidine rings is 1. The number of H-pyrrole nitrogens is 1. The topological polar surface area (TPSA) is 95.2 Å². The maximum atomic E-state index is 13.0. The monoisotopic (exact) mass is 454 g/mol. The third-order valence-corrected chi connectivity index (χ3v) is 7.86. The summed E-state index contributed by atoms with van der Waals surface area (Å²) < 4.78 is 28.4. The van der Waals surface area contributed by atoms with Gasteiger partial charge in [-0.3, -0.25) is 9.89 Å². The molecule has 2 aromatic rings. The lowest BCUT2D eigenvalue weighted by Gasteiger charge is -2.31. The summed E-state index contributed by atoms with van der Waals surface area (Å²) in [5.74, 6) is -0.540. The van der Waals surface area contributed by atoms with E-state index in [0.29, 0.717) is 36.5 Å². The largest absolute Gasteiger partial charge is 0.326 e. The van der Waals surface area contributed by atoms with E-state index in [1.165, 1.54) is 4.31 Å². The van der Waals surface area contributed by atoms with E-state index in [0.717, 1.165) is 10.0 Å². The molecule has 27 heavy (non-hydrogen) atoms. The lowest BCUT2D eigenvalue weighted by Crippen LogP contribution is -2.43. The number of amides is 1. The Balaban J connectivity index is 1.75. The van der Waals surface area contributed by atoms with Crippen molar-refractivity contribution in [2.75, 3.05) is 18.4 Å². The summed E-state index contributed by atoms with van der Waals surface area (Å²) in [5, 5.41) is 9.62. The van der Waals surface area contributed by atoms with Crippen LogP contribution in [0, 0.1) is 26.7 Å². The molecule has 0 radical (unpaired) electrons. The smallest absolute Gasteiger partial charge is 0.246 e. The standard InChI is InChI=1S/C18H23BrN4O3S/c1-11-9-15(6-7-16(11)19)20-18(24)14-5-4-8-23(10-14)27(25,26)17-12(2)21-22-13(17)3/h6-7,9,14H,4-5,8,10H2,1-3H3,(H,20,24)(H,21,22)/t14-/m1/s1. The minimum Gasteiger partial charge on any atom is -0.326 e. The zero-order valence-corrected chi connectivity index (χ0v) is 17.9. The maximum Gasteiger partial charge on any atom is 0.246 e. The van der Waals surface area contributed by atoms with E-state index < -0.39 is 10.0 Å². The van der Waals surface area contributed by atoms with Gasteiger partial charge in [-0.15, -0.1) is 0 Å². The van der Waals surface area contributed by atoms with E-state index in [4.69, 9.17) is 0 Å². The number of aromatic nitrogens is 2. The molecule has 9 heteroatoms. The molecular formula is C18H23BrN4O3S. The molecule has 0 spiro atoms. The lowest BCUT2D eigenvalue weighted by atomic mass is 9.98. The first-order chi connectivity index (χ1) is 12.7. The number of carbonyl (C=O) groups excluding carboxylic acids is 1. The molecule has 1 aromatic heterocycles. The second-order valence-electron chi connectivity index (χ2n) is 6.92. The zero-order chi connectivity index (χ0) is 19.8. The van der Waals surface area contributed by atoms with Crippen molar-refractivity contribution in [3.63, 3.8) is 0 Å². The Kier molecular flexibility index (Phi) is 5.73. The highest BCUT2D eigenvalue weighted by Gasteiger charge is 2.35. The molecule has 146 valence electrons. The zero-order valence-electron chi connectivity index (χ0n) is 15.5. The van der Waals surface area contributed by atoms with Crippen molar-refractivity contribution in [3.8, 4) is 0 Å². The van der Waals surface area contributed by atoms with Crippen molar-refractivity contribution >= 4 is 37.5 Å². The Morgan fingerprint density at radius 3 is 2.70 bits per heavy atom. The van der Waals surface area contributed by atoms with Crippen molar-refractivity contribution in [1.29, 1.82) is 0 Å². The van der Waals surface area contributed by atoms with Crippen molar-refractivity contribution in [2.45, 2.75) is 38.5 Å². The van der Waals surface area contributed by atoms with E-state index in [-0.39, 0.29) is 23.3 Å². The first kappa shape index (κ1) is 20.0. The fourth-order valence-corrected chi connectivity index (χ4v) is 5.49. The van der Waals surface area contributed by atoms with Crippen LogP contribution in [0.4, 0.5) is 5.69 Å². The summed E-state index contributed by atoms with van der Waals surface area (Å²) in [6.07, 6.45) is 1.31. The number of anilines is 1. The van der Waals surface area contributed by atoms with Crippen LogP contribution >= 0.6 is 15.9 Å². The normalized spacial score (nSPS) is 18.4. The first-order valence-corrected chi connectivity index (χ1v) is 11.0. The number of nitrogens with zero attached hydrogens (tertiary/aromatic N) is 2. The van der Waals surface area contributed by atoms with Gasteiger partial charge >= 0.3 is 0 Å². The number of sulfonamides is 1. The summed E-state index contributed by atoms with van der Waals surface area (Å²) in [4.78, 5) is 12.9. The number of hydrogen-bond acceptors (Lipinski definition) is 4. The lowest BCUT2D eigenvalue weighted by molar-refractivity contribution is -0.120. The van der Waals surface area contributed by atoms with Crippen LogP contribution in [-0.2, 0) is 14.8 Å². The molecule has 1 amide bonds. The van der Waals surface area contributed by atoms with Crippen molar-refractivity contribution in [2.24, 2.45) is 5.92 Å². The predicted molar refractivity (Wildman–Crippen MR) is 107 cm³/mol. The number of nitrogens with one attached hydrogen (secondary N) is 2. The molecule has 1 fully saturated rings. The molecule has 1 aliphatic heterocycles. The van der Waals surface area contributed by atoms with Crippen LogP contribution in [0.2, 0.25) is 0 Å². The average Bonchev–Trinajstić information content (AvgIpc) is 2.97. The fourth-order valence-electron chi connectivity index (χ4n) is 3.39. The van der Waals surface area contributed by atoms with Crippen LogP contribution in [0.15, 0.2) is 27.6 Å². The van der Waals surface area contributed by atoms with E-state index in [1.54, 1.807) is 13.8 Å². The van der Waals surface area contributed by atoms with Crippen LogP contribution in [0.1, 0.15) is 29.8 Å². The molecule has 0 unspecified atom stereocenters. The van der Waals surface area contributed by atoms with Crippen molar-refractivity contribution in [1.82, 2.24) is 14.5 Å². The molecule has 0 aliphatic carbocycles. The van der Waals surface area contributed by atoms with Gasteiger partial charge in [0.05, 0.1) is 17.3 Å². The van der Waals surface area contributed by atoms with Gasteiger partial charge in [-0.25, -0.2) is 8.42 Å². The Hall–Kier alpha value is -1.71. The van der Waals surface area contributed by atoms with Gasteiger partial charge in [0.15, 0.2) is 0 Å². The highest BCUT2D eigenvalue weighted by atomic mass is 79.9. The molecule has 7 nitrogen and oxygen atoms in total. The van der Waals surface area contributed by atoms with Gasteiger partial charge in [-0.05, 0) is 57.4 Å². The molecular weight excluding hydrogens is 432 g/mol. The number of aryl methyl sites for hydroxylation is 3. The first-order valence-electron chi connectivity index (χ1n) is 8.79. The highest BCUT2D eigenvalue weighted by molar-refractivity contribution is 9.10. The predicted octanol–water partition coefficient (Wildman–Crippen LogP) is 3.14. The molecule has 1 aliphatic rings. The SMILES string of the molecule is Cc1cc(NC(=O)[C@@H]2CCCN(S(=O)(=O)c3c(C)n[nH]c3C)C2)ccc1Br. The van der Waals surface area contributed by atoms with E-state index in [9.17, 15) is 13.2 Å². The molecule has 2 heterocycles. The second kappa shape index (κ2) is 7.73. The number of carbonyl (C=O) groups is 1. The van der Waals surface area contributed by atoms with Crippen LogP contribution in [0.3, 0.4) is 0 Å². The van der Waals surface area contributed by atoms with Crippen LogP contribution in [0.25, 0.3) is 0 Å². The van der Waals surface area contributed by atoms with Crippen molar-refractivity contribution in [3.05, 3.63) is 39.6 Å². The Morgan fingerprint density at radius 1 is 1.33 bits per heavy atom. The van der Waals surface area contributed by atoms with Crippen LogP contribution in [0.5, 0.6) is 0 Å². The molecule has 0 saturated carbocycles. The highest BCUT2D eigenvalue weighted by Crippen LogP contribution is 2.28. The minimum atomic E-state index is -3.68. The van der Waals surface area contributed by atoms with Crippen LogP contribution in [-0.4, -0.2) is 41.9 Å². The van der Waals surface area contributed by atoms with Gasteiger partial charge in [-0.1, -0.05) is 15.9 Å². The Labute approximate surface area is 167 Å². The quantitative estimate of drug-likeness (QED) is 0.741. The molecule has 2 N–H and O–H groups in total. The van der Waals surface area contributed by atoms with Gasteiger partial charge in [0.25, 0.3) is 0 Å². The number of rotatable bonds is 4. The summed E-state index contributed by atoms with van der Waals surface area (Å²) in [7, 11) is -3.68. The number of benzene rings is 1. The van der Waals surface area contributed by atoms with Crippen LogP contribution < -0.4 is 5.32 Å². The number of hydrogen-bond donors (Lipinski definition) is 2. The fraction of sp³-hybridized carbons (Fsp3) is 0.444. The summed E-state index contributed by atoms with van der Waals surface area (Å²) in [6.45, 7) is 5.89. The van der Waals surface area contributed by atoms with E-state index >= 15 is 0 Å². The third-order valence-electron chi connectivity index (χ3n) is 4.84. The van der Waals surface area contributed by atoms with Gasteiger partial charge in [0.1, 0.15) is 4.90 Å². The van der Waals surface area contributed by atoms with Gasteiger partial charge in [0.2, 0.25) is 15.9 Å². The summed E-state index contributed by atoms with van der Waals surface area (Å²) >= 11 is 3.44. The summed E-state index contributed by atoms with van der Waals surface area (Å²) in [6, 6.07) is 5.59. The van der Waals surface area contributed by atoms with Gasteiger partial charge in [0, 0.05) is 23.2 Å². The molecule has 0 bridgehead atoms. The van der Waals surface area contributed by atoms with E-state index in [2.05, 4.69) is 31.4 Å². The number of aromatic amines is 1. The average molecular weight is 455 g/mol. The Morgan fingerprint density at radius 2 is 2.07 bits per heavy atom. The molecule has 1 saturated heterocycles. The third kappa shape index (κ3) is 4.09. The van der Waals surface area contributed by atoms with Gasteiger partial charge < -0.3 is 5.32 Å². The van der Waals surface area contributed by atoms with E-state index in [1.807, 2.05) is 25.1 Å². The molecule has 1 aromatic carbocycles. The molecule has 3 rings (SSSR count). The maximum absolute atomic E-state index is 13.0. The van der Waals surface area contributed by atoms with Gasteiger partial charge in [-0.2, -0.15) is 9.40 Å². The second-order valence-corrected chi connectivity index (χ2v) is 9.65. The molecule has 1 atom stereocenters. The van der Waals surface area contributed by atoms with Crippen molar-refractivity contribution < 1.29 is 13.2 Å². The summed E-state index contributed by atoms with van der Waals surface area (Å²) in [5.41, 5.74) is 2.70. The minimum absolute atomic E-state index is 0.155. The number of halogens is 1.